The Morgan fingerprint density at radius 1 is 1.29 bits per heavy atom. The summed E-state index contributed by atoms with van der Waals surface area (Å²) in [5, 5.41) is 4.06. The van der Waals surface area contributed by atoms with Gasteiger partial charge < -0.3 is 14.7 Å². The third-order valence-corrected chi connectivity index (χ3v) is 4.71. The van der Waals surface area contributed by atoms with Crippen LogP contribution in [-0.2, 0) is 6.54 Å². The van der Waals surface area contributed by atoms with Crippen molar-refractivity contribution in [3.8, 4) is 0 Å². The molecule has 1 aliphatic heterocycles. The van der Waals surface area contributed by atoms with Crippen LogP contribution in [0, 0.1) is 5.92 Å². The van der Waals surface area contributed by atoms with Crippen molar-refractivity contribution < 1.29 is 9.21 Å². The van der Waals surface area contributed by atoms with Crippen molar-refractivity contribution in [3.05, 3.63) is 60.2 Å². The number of likely N-dealkylation sites (tertiary alicyclic amines) is 1. The number of aromatic amines is 1. The van der Waals surface area contributed by atoms with Gasteiger partial charge in [-0.2, -0.15) is 0 Å². The number of rotatable bonds is 5. The van der Waals surface area contributed by atoms with Gasteiger partial charge in [-0.25, -0.2) is 0 Å². The van der Waals surface area contributed by atoms with E-state index >= 15 is 0 Å². The van der Waals surface area contributed by atoms with Crippen molar-refractivity contribution in [2.24, 2.45) is 5.92 Å². The van der Waals surface area contributed by atoms with E-state index in [0.29, 0.717) is 12.5 Å². The molecule has 124 valence electrons. The minimum Gasteiger partial charge on any atom is -0.468 e. The van der Waals surface area contributed by atoms with E-state index in [1.807, 2.05) is 36.4 Å². The maximum atomic E-state index is 12.5. The molecule has 24 heavy (non-hydrogen) atoms. The molecule has 1 amide bonds. The second-order valence-electron chi connectivity index (χ2n) is 6.43. The number of hydrogen-bond acceptors (Lipinski definition) is 3. The molecule has 1 atom stereocenters. The first kappa shape index (κ1) is 15.0. The standard InChI is InChI=1S/C19H21N3O2/c23-19(17-11-20-18-6-2-1-5-16(17)18)21-10-14-7-8-22(12-14)13-15-4-3-9-24-15/h1-6,9,11,14,20H,7-8,10,12-13H2,(H,21,23)/t14-/m1/s1. The molecule has 0 bridgehead atoms. The van der Waals surface area contributed by atoms with E-state index in [0.717, 1.165) is 48.3 Å². The third-order valence-electron chi connectivity index (χ3n) is 4.71. The zero-order chi connectivity index (χ0) is 16.4. The number of benzene rings is 1. The van der Waals surface area contributed by atoms with Crippen molar-refractivity contribution in [1.29, 1.82) is 0 Å². The summed E-state index contributed by atoms with van der Waals surface area (Å²) >= 11 is 0. The molecular formula is C19H21N3O2. The molecule has 3 aromatic rings. The van der Waals surface area contributed by atoms with Gasteiger partial charge in [-0.3, -0.25) is 9.69 Å². The Balaban J connectivity index is 1.31. The Bertz CT molecular complexity index is 822. The Kier molecular flexibility index (Phi) is 4.09. The summed E-state index contributed by atoms with van der Waals surface area (Å²) < 4.78 is 5.40. The maximum absolute atomic E-state index is 12.5. The fourth-order valence-corrected chi connectivity index (χ4v) is 3.44. The molecule has 3 heterocycles. The van der Waals surface area contributed by atoms with Crippen LogP contribution in [0.15, 0.2) is 53.3 Å². The third kappa shape index (κ3) is 3.08. The highest BCUT2D eigenvalue weighted by Gasteiger charge is 2.24. The average Bonchev–Trinajstić information content (AvgIpc) is 3.34. The van der Waals surface area contributed by atoms with Crippen LogP contribution < -0.4 is 5.32 Å². The summed E-state index contributed by atoms with van der Waals surface area (Å²) in [5.74, 6) is 1.49. The summed E-state index contributed by atoms with van der Waals surface area (Å²) in [5.41, 5.74) is 1.71. The number of H-pyrrole nitrogens is 1. The Morgan fingerprint density at radius 2 is 2.21 bits per heavy atom. The molecule has 1 aromatic carbocycles. The number of furan rings is 1. The summed E-state index contributed by atoms with van der Waals surface area (Å²) in [6.07, 6.45) is 4.61. The highest BCUT2D eigenvalue weighted by Crippen LogP contribution is 2.20. The highest BCUT2D eigenvalue weighted by atomic mass is 16.3. The Morgan fingerprint density at radius 3 is 3.08 bits per heavy atom. The summed E-state index contributed by atoms with van der Waals surface area (Å²) in [6, 6.07) is 11.8. The zero-order valence-electron chi connectivity index (χ0n) is 13.5. The lowest BCUT2D eigenvalue weighted by atomic mass is 10.1. The van der Waals surface area contributed by atoms with Gasteiger partial charge in [0.25, 0.3) is 5.91 Å². The van der Waals surface area contributed by atoms with E-state index in [4.69, 9.17) is 4.42 Å². The molecule has 4 rings (SSSR count). The van der Waals surface area contributed by atoms with Gasteiger partial charge in [0.15, 0.2) is 0 Å². The smallest absolute Gasteiger partial charge is 0.253 e. The Labute approximate surface area is 140 Å². The first-order valence-corrected chi connectivity index (χ1v) is 8.38. The highest BCUT2D eigenvalue weighted by molar-refractivity contribution is 6.06. The predicted molar refractivity (Wildman–Crippen MR) is 92.7 cm³/mol. The number of fused-ring (bicyclic) bond motifs is 1. The number of hydrogen-bond donors (Lipinski definition) is 2. The van der Waals surface area contributed by atoms with Gasteiger partial charge in [0.05, 0.1) is 18.4 Å². The van der Waals surface area contributed by atoms with E-state index in [9.17, 15) is 4.79 Å². The van der Waals surface area contributed by atoms with Gasteiger partial charge in [0.1, 0.15) is 5.76 Å². The van der Waals surface area contributed by atoms with Crippen molar-refractivity contribution in [2.75, 3.05) is 19.6 Å². The zero-order valence-corrected chi connectivity index (χ0v) is 13.5. The number of aromatic nitrogens is 1. The van der Waals surface area contributed by atoms with Crippen molar-refractivity contribution in [3.63, 3.8) is 0 Å². The molecular weight excluding hydrogens is 302 g/mol. The molecule has 0 unspecified atom stereocenters. The molecule has 0 saturated carbocycles. The lowest BCUT2D eigenvalue weighted by Crippen LogP contribution is -2.30. The van der Waals surface area contributed by atoms with E-state index < -0.39 is 0 Å². The minimum absolute atomic E-state index is 0.00284. The van der Waals surface area contributed by atoms with Crippen LogP contribution in [0.25, 0.3) is 10.9 Å². The van der Waals surface area contributed by atoms with E-state index in [1.54, 1.807) is 12.5 Å². The molecule has 1 fully saturated rings. The van der Waals surface area contributed by atoms with Crippen LogP contribution in [0.4, 0.5) is 0 Å². The van der Waals surface area contributed by atoms with E-state index in [1.165, 1.54) is 0 Å². The van der Waals surface area contributed by atoms with E-state index in [2.05, 4.69) is 15.2 Å². The van der Waals surface area contributed by atoms with Gasteiger partial charge >= 0.3 is 0 Å². The lowest BCUT2D eigenvalue weighted by molar-refractivity contribution is 0.0949. The number of amides is 1. The van der Waals surface area contributed by atoms with Crippen molar-refractivity contribution >= 4 is 16.8 Å². The number of carbonyl (C=O) groups is 1. The van der Waals surface area contributed by atoms with Gasteiger partial charge in [0.2, 0.25) is 0 Å². The van der Waals surface area contributed by atoms with E-state index in [-0.39, 0.29) is 5.91 Å². The predicted octanol–water partition coefficient (Wildman–Crippen LogP) is 3.01. The maximum Gasteiger partial charge on any atom is 0.253 e. The van der Waals surface area contributed by atoms with Gasteiger partial charge in [-0.05, 0) is 37.1 Å². The number of carbonyl (C=O) groups excluding carboxylic acids is 1. The second-order valence-corrected chi connectivity index (χ2v) is 6.43. The molecule has 0 aliphatic carbocycles. The first-order valence-electron chi connectivity index (χ1n) is 8.38. The van der Waals surface area contributed by atoms with Gasteiger partial charge in [0, 0.05) is 30.2 Å². The second kappa shape index (κ2) is 6.53. The topological polar surface area (TPSA) is 61.3 Å². The molecule has 5 heteroatoms. The lowest BCUT2D eigenvalue weighted by Gasteiger charge is -2.14. The molecule has 2 N–H and O–H groups in total. The fourth-order valence-electron chi connectivity index (χ4n) is 3.44. The summed E-state index contributed by atoms with van der Waals surface area (Å²) in [7, 11) is 0. The average molecular weight is 323 g/mol. The number of nitrogens with one attached hydrogen (secondary N) is 2. The monoisotopic (exact) mass is 323 g/mol. The molecule has 1 saturated heterocycles. The molecule has 0 radical (unpaired) electrons. The van der Waals surface area contributed by atoms with Crippen molar-refractivity contribution in [2.45, 2.75) is 13.0 Å². The molecule has 5 nitrogen and oxygen atoms in total. The first-order chi connectivity index (χ1) is 11.8. The minimum atomic E-state index is -0.00284. The van der Waals surface area contributed by atoms with Crippen LogP contribution in [0.1, 0.15) is 22.5 Å². The van der Waals surface area contributed by atoms with Crippen molar-refractivity contribution in [1.82, 2.24) is 15.2 Å². The molecule has 2 aromatic heterocycles. The summed E-state index contributed by atoms with van der Waals surface area (Å²) in [4.78, 5) is 18.0. The largest absolute Gasteiger partial charge is 0.468 e. The normalized spacial score (nSPS) is 18.2. The number of nitrogens with zero attached hydrogens (tertiary/aromatic N) is 1. The van der Waals surface area contributed by atoms with Crippen LogP contribution >= 0.6 is 0 Å². The SMILES string of the molecule is O=C(NC[C@H]1CCN(Cc2ccco2)C1)c1c[nH]c2ccccc12. The van der Waals surface area contributed by atoms with Crippen LogP contribution in [0.3, 0.4) is 0 Å². The summed E-state index contributed by atoms with van der Waals surface area (Å²) in [6.45, 7) is 3.61. The van der Waals surface area contributed by atoms with Crippen LogP contribution in [-0.4, -0.2) is 35.4 Å². The fraction of sp³-hybridized carbons (Fsp3) is 0.316. The van der Waals surface area contributed by atoms with Crippen LogP contribution in [0.5, 0.6) is 0 Å². The Hall–Kier alpha value is -2.53. The van der Waals surface area contributed by atoms with Crippen LogP contribution in [0.2, 0.25) is 0 Å². The molecule has 0 spiro atoms. The van der Waals surface area contributed by atoms with Gasteiger partial charge in [-0.15, -0.1) is 0 Å². The number of para-hydroxylation sites is 1. The quantitative estimate of drug-likeness (QED) is 0.759. The molecule has 1 aliphatic rings. The van der Waals surface area contributed by atoms with Gasteiger partial charge in [-0.1, -0.05) is 18.2 Å².